The van der Waals surface area contributed by atoms with Crippen LogP contribution in [-0.4, -0.2) is 34.1 Å². The molecule has 0 aliphatic heterocycles. The number of rotatable bonds is 4. The van der Waals surface area contributed by atoms with Gasteiger partial charge in [0.05, 0.1) is 18.7 Å². The molecule has 1 aliphatic carbocycles. The van der Waals surface area contributed by atoms with Crippen LogP contribution in [0.5, 0.6) is 0 Å². The fraction of sp³-hybridized carbons (Fsp3) is 0.667. The van der Waals surface area contributed by atoms with Crippen molar-refractivity contribution in [3.05, 3.63) is 28.0 Å². The molecule has 0 amide bonds. The zero-order chi connectivity index (χ0) is 13.1. The molecule has 6 nitrogen and oxygen atoms in total. The SMILES string of the molecule is CN(Cc1ccc([N+](=O)[O-])o1)C1CCCCC1O. The molecule has 0 aromatic carbocycles. The van der Waals surface area contributed by atoms with Crippen molar-refractivity contribution < 1.29 is 14.4 Å². The lowest BCUT2D eigenvalue weighted by Crippen LogP contribution is -2.42. The fourth-order valence-electron chi connectivity index (χ4n) is 2.52. The Kier molecular flexibility index (Phi) is 3.98. The molecule has 0 saturated heterocycles. The largest absolute Gasteiger partial charge is 0.433 e. The van der Waals surface area contributed by atoms with Gasteiger partial charge in [-0.15, -0.1) is 0 Å². The molecule has 1 heterocycles. The first-order chi connectivity index (χ1) is 8.58. The molecule has 6 heteroatoms. The highest BCUT2D eigenvalue weighted by atomic mass is 16.6. The van der Waals surface area contributed by atoms with E-state index in [1.807, 2.05) is 11.9 Å². The van der Waals surface area contributed by atoms with E-state index in [4.69, 9.17) is 4.42 Å². The van der Waals surface area contributed by atoms with Gasteiger partial charge >= 0.3 is 5.88 Å². The summed E-state index contributed by atoms with van der Waals surface area (Å²) >= 11 is 0. The number of aliphatic hydroxyl groups is 1. The topological polar surface area (TPSA) is 79.8 Å². The monoisotopic (exact) mass is 254 g/mol. The molecule has 18 heavy (non-hydrogen) atoms. The van der Waals surface area contributed by atoms with Crippen molar-refractivity contribution >= 4 is 5.88 Å². The van der Waals surface area contributed by atoms with E-state index in [1.54, 1.807) is 6.07 Å². The van der Waals surface area contributed by atoms with E-state index >= 15 is 0 Å². The molecule has 100 valence electrons. The molecule has 0 spiro atoms. The van der Waals surface area contributed by atoms with Crippen LogP contribution in [0.3, 0.4) is 0 Å². The van der Waals surface area contributed by atoms with Gasteiger partial charge in [0.1, 0.15) is 10.7 Å². The van der Waals surface area contributed by atoms with Crippen molar-refractivity contribution in [1.29, 1.82) is 0 Å². The van der Waals surface area contributed by atoms with Gasteiger partial charge in [-0.3, -0.25) is 15.0 Å². The van der Waals surface area contributed by atoms with Crippen molar-refractivity contribution in [2.24, 2.45) is 0 Å². The van der Waals surface area contributed by atoms with Crippen LogP contribution in [0.1, 0.15) is 31.4 Å². The Morgan fingerprint density at radius 3 is 2.83 bits per heavy atom. The van der Waals surface area contributed by atoms with Gasteiger partial charge < -0.3 is 9.52 Å². The summed E-state index contributed by atoms with van der Waals surface area (Å²) in [6.45, 7) is 0.482. The molecule has 0 bridgehead atoms. The predicted octanol–water partition coefficient (Wildman–Crippen LogP) is 1.92. The minimum atomic E-state index is -0.543. The number of nitro groups is 1. The lowest BCUT2D eigenvalue weighted by atomic mass is 9.91. The number of furan rings is 1. The summed E-state index contributed by atoms with van der Waals surface area (Å²) in [5.41, 5.74) is 0. The van der Waals surface area contributed by atoms with Crippen molar-refractivity contribution in [3.8, 4) is 0 Å². The number of nitrogens with zero attached hydrogens (tertiary/aromatic N) is 2. The standard InChI is InChI=1S/C12H18N2O4/c1-13(10-4-2-3-5-11(10)15)8-9-6-7-12(18-9)14(16)17/h6-7,10-11,15H,2-5,8H2,1H3. The summed E-state index contributed by atoms with van der Waals surface area (Å²) in [6, 6.07) is 3.09. The molecular weight excluding hydrogens is 236 g/mol. The maximum Gasteiger partial charge on any atom is 0.433 e. The molecule has 0 radical (unpaired) electrons. The highest BCUT2D eigenvalue weighted by Gasteiger charge is 2.27. The second-order valence-corrected chi connectivity index (χ2v) is 4.83. The molecule has 2 unspecified atom stereocenters. The van der Waals surface area contributed by atoms with Crippen molar-refractivity contribution in [1.82, 2.24) is 4.90 Å². The van der Waals surface area contributed by atoms with Gasteiger partial charge in [-0.2, -0.15) is 0 Å². The molecule has 1 saturated carbocycles. The van der Waals surface area contributed by atoms with Crippen LogP contribution in [0.4, 0.5) is 5.88 Å². The van der Waals surface area contributed by atoms with Crippen molar-refractivity contribution in [3.63, 3.8) is 0 Å². The van der Waals surface area contributed by atoms with Gasteiger partial charge in [0.25, 0.3) is 0 Å². The second-order valence-electron chi connectivity index (χ2n) is 4.83. The number of hydrogen-bond donors (Lipinski definition) is 1. The van der Waals surface area contributed by atoms with E-state index in [2.05, 4.69) is 0 Å². The third-order valence-corrected chi connectivity index (χ3v) is 3.49. The smallest absolute Gasteiger partial charge is 0.404 e. The minimum absolute atomic E-state index is 0.114. The maximum absolute atomic E-state index is 10.5. The molecule has 2 rings (SSSR count). The average molecular weight is 254 g/mol. The minimum Gasteiger partial charge on any atom is -0.404 e. The molecule has 1 fully saturated rings. The van der Waals surface area contributed by atoms with Gasteiger partial charge in [-0.05, 0) is 26.0 Å². The van der Waals surface area contributed by atoms with Crippen LogP contribution in [0.15, 0.2) is 16.5 Å². The quantitative estimate of drug-likeness (QED) is 0.656. The van der Waals surface area contributed by atoms with Crippen molar-refractivity contribution in [2.45, 2.75) is 44.4 Å². The van der Waals surface area contributed by atoms with Crippen LogP contribution < -0.4 is 0 Å². The predicted molar refractivity (Wildman–Crippen MR) is 65.1 cm³/mol. The van der Waals surface area contributed by atoms with E-state index in [0.717, 1.165) is 25.7 Å². The van der Waals surface area contributed by atoms with E-state index in [9.17, 15) is 15.2 Å². The van der Waals surface area contributed by atoms with Crippen LogP contribution in [-0.2, 0) is 6.54 Å². The fourth-order valence-corrected chi connectivity index (χ4v) is 2.52. The zero-order valence-electron chi connectivity index (χ0n) is 10.4. The summed E-state index contributed by atoms with van der Waals surface area (Å²) in [5, 5.41) is 20.4. The number of hydrogen-bond acceptors (Lipinski definition) is 5. The molecule has 1 aromatic heterocycles. The van der Waals surface area contributed by atoms with Crippen LogP contribution in [0, 0.1) is 10.1 Å². The first-order valence-electron chi connectivity index (χ1n) is 6.19. The van der Waals surface area contributed by atoms with Crippen LogP contribution >= 0.6 is 0 Å². The molecule has 1 aliphatic rings. The Bertz CT molecular complexity index is 418. The van der Waals surface area contributed by atoms with E-state index in [1.165, 1.54) is 6.07 Å². The van der Waals surface area contributed by atoms with Crippen LogP contribution in [0.25, 0.3) is 0 Å². The Balaban J connectivity index is 1.97. The Hall–Kier alpha value is -1.40. The van der Waals surface area contributed by atoms with E-state index < -0.39 is 4.92 Å². The highest BCUT2D eigenvalue weighted by molar-refractivity contribution is 5.17. The van der Waals surface area contributed by atoms with E-state index in [0.29, 0.717) is 12.3 Å². The van der Waals surface area contributed by atoms with Gasteiger partial charge in [-0.1, -0.05) is 12.8 Å². The second kappa shape index (κ2) is 5.49. The Morgan fingerprint density at radius 2 is 2.22 bits per heavy atom. The van der Waals surface area contributed by atoms with Gasteiger partial charge in [0, 0.05) is 6.04 Å². The Morgan fingerprint density at radius 1 is 1.50 bits per heavy atom. The van der Waals surface area contributed by atoms with E-state index in [-0.39, 0.29) is 18.0 Å². The van der Waals surface area contributed by atoms with Crippen molar-refractivity contribution in [2.75, 3.05) is 7.05 Å². The first kappa shape index (κ1) is 13.0. The maximum atomic E-state index is 10.5. The summed E-state index contributed by atoms with van der Waals surface area (Å²) in [6.07, 6.45) is 3.66. The van der Waals surface area contributed by atoms with Gasteiger partial charge in [0.2, 0.25) is 0 Å². The normalized spacial score (nSPS) is 24.4. The summed E-state index contributed by atoms with van der Waals surface area (Å²) < 4.78 is 5.12. The summed E-state index contributed by atoms with van der Waals surface area (Å²) in [5.74, 6) is 0.324. The first-order valence-corrected chi connectivity index (χ1v) is 6.19. The Labute approximate surface area is 105 Å². The van der Waals surface area contributed by atoms with Crippen LogP contribution in [0.2, 0.25) is 0 Å². The highest BCUT2D eigenvalue weighted by Crippen LogP contribution is 2.24. The third kappa shape index (κ3) is 2.88. The average Bonchev–Trinajstić information content (AvgIpc) is 2.78. The number of aliphatic hydroxyl groups excluding tert-OH is 1. The summed E-state index contributed by atoms with van der Waals surface area (Å²) in [7, 11) is 1.91. The lowest BCUT2D eigenvalue weighted by molar-refractivity contribution is -0.402. The zero-order valence-corrected chi connectivity index (χ0v) is 10.4. The molecular formula is C12H18N2O4. The lowest BCUT2D eigenvalue weighted by Gasteiger charge is -2.34. The molecule has 2 atom stereocenters. The molecule has 1 aromatic rings. The molecule has 1 N–H and O–H groups in total. The number of likely N-dealkylation sites (N-methyl/N-ethyl adjacent to an activating group) is 1. The third-order valence-electron chi connectivity index (χ3n) is 3.49. The summed E-state index contributed by atoms with van der Waals surface area (Å²) in [4.78, 5) is 12.0. The van der Waals surface area contributed by atoms with Gasteiger partial charge in [0.15, 0.2) is 0 Å². The van der Waals surface area contributed by atoms with Gasteiger partial charge in [-0.25, -0.2) is 0 Å².